The van der Waals surface area contributed by atoms with Gasteiger partial charge in [-0.1, -0.05) is 38.1 Å². The van der Waals surface area contributed by atoms with Crippen LogP contribution in [0.15, 0.2) is 52.1 Å². The molecule has 0 bridgehead atoms. The number of halogens is 1. The maximum Gasteiger partial charge on any atom is 0.289 e. The average Bonchev–Trinajstić information content (AvgIpc) is 3.26. The summed E-state index contributed by atoms with van der Waals surface area (Å²) in [5, 5.41) is 3.42. The Morgan fingerprint density at radius 1 is 1.10 bits per heavy atom. The van der Waals surface area contributed by atoms with E-state index in [9.17, 15) is 4.79 Å². The van der Waals surface area contributed by atoms with E-state index in [1.165, 1.54) is 17.4 Å². The van der Waals surface area contributed by atoms with Crippen LogP contribution in [0.2, 0.25) is 0 Å². The number of nitrogens with one attached hydrogen (secondary N) is 1. The number of hydrogen-bond acceptors (Lipinski definition) is 3. The standard InChI is InChI=1S/C23H32N4O2.HI/c1-5-24-22(25-17-23(3,4)19-10-7-6-9-18(19)2)27-14-12-26(13-15-27)21(28)20-11-8-16-29-20;/h6-11,16H,5,12-15,17H2,1-4H3,(H,24,25);1H. The van der Waals surface area contributed by atoms with Gasteiger partial charge < -0.3 is 19.5 Å². The summed E-state index contributed by atoms with van der Waals surface area (Å²) in [6.07, 6.45) is 1.54. The molecule has 3 rings (SSSR count). The third-order valence-electron chi connectivity index (χ3n) is 5.43. The largest absolute Gasteiger partial charge is 0.459 e. The number of piperazine rings is 1. The summed E-state index contributed by atoms with van der Waals surface area (Å²) in [5.41, 5.74) is 2.57. The minimum Gasteiger partial charge on any atom is -0.459 e. The smallest absolute Gasteiger partial charge is 0.289 e. The van der Waals surface area contributed by atoms with Crippen molar-refractivity contribution in [3.05, 3.63) is 59.5 Å². The Hall–Kier alpha value is -2.03. The molecule has 0 radical (unpaired) electrons. The van der Waals surface area contributed by atoms with Crippen LogP contribution in [0.4, 0.5) is 0 Å². The Kier molecular flexibility index (Phi) is 8.76. The SMILES string of the molecule is CCNC(=NCC(C)(C)c1ccccc1C)N1CCN(C(=O)c2ccco2)CC1.I. The van der Waals surface area contributed by atoms with Gasteiger partial charge >= 0.3 is 0 Å². The highest BCUT2D eigenvalue weighted by atomic mass is 127. The fraction of sp³-hybridized carbons (Fsp3) is 0.478. The number of carbonyl (C=O) groups is 1. The lowest BCUT2D eigenvalue weighted by Crippen LogP contribution is -2.54. The molecule has 0 unspecified atom stereocenters. The van der Waals surface area contributed by atoms with Gasteiger partial charge in [0.25, 0.3) is 5.91 Å². The second kappa shape index (κ2) is 10.8. The summed E-state index contributed by atoms with van der Waals surface area (Å²) in [6.45, 7) is 13.0. The van der Waals surface area contributed by atoms with Crippen LogP contribution in [0.3, 0.4) is 0 Å². The lowest BCUT2D eigenvalue weighted by molar-refractivity contribution is 0.0657. The van der Waals surface area contributed by atoms with Crippen LogP contribution < -0.4 is 5.32 Å². The molecule has 1 aliphatic rings. The third kappa shape index (κ3) is 5.77. The summed E-state index contributed by atoms with van der Waals surface area (Å²) < 4.78 is 5.25. The zero-order valence-electron chi connectivity index (χ0n) is 18.4. The van der Waals surface area contributed by atoms with Crippen molar-refractivity contribution in [2.24, 2.45) is 4.99 Å². The van der Waals surface area contributed by atoms with Crippen LogP contribution in [-0.2, 0) is 5.41 Å². The third-order valence-corrected chi connectivity index (χ3v) is 5.43. The van der Waals surface area contributed by atoms with Gasteiger partial charge in [0.05, 0.1) is 12.8 Å². The average molecular weight is 524 g/mol. The minimum atomic E-state index is -0.0525. The number of amides is 1. The van der Waals surface area contributed by atoms with E-state index in [1.807, 2.05) is 4.90 Å². The Bertz CT molecular complexity index is 841. The molecule has 2 heterocycles. The maximum absolute atomic E-state index is 12.5. The fourth-order valence-electron chi connectivity index (χ4n) is 3.79. The van der Waals surface area contributed by atoms with Gasteiger partial charge in [0.15, 0.2) is 11.7 Å². The van der Waals surface area contributed by atoms with Gasteiger partial charge in [0, 0.05) is 38.1 Å². The molecule has 6 nitrogen and oxygen atoms in total. The number of benzene rings is 1. The van der Waals surface area contributed by atoms with Gasteiger partial charge in [-0.2, -0.15) is 0 Å². The molecule has 1 aromatic carbocycles. The molecule has 0 saturated carbocycles. The van der Waals surface area contributed by atoms with Crippen LogP contribution in [0.5, 0.6) is 0 Å². The fourth-order valence-corrected chi connectivity index (χ4v) is 3.79. The Labute approximate surface area is 196 Å². The highest BCUT2D eigenvalue weighted by molar-refractivity contribution is 14.0. The first-order valence-corrected chi connectivity index (χ1v) is 10.3. The first-order valence-electron chi connectivity index (χ1n) is 10.3. The molecular weight excluding hydrogens is 491 g/mol. The molecule has 1 aromatic heterocycles. The van der Waals surface area contributed by atoms with E-state index in [4.69, 9.17) is 9.41 Å². The van der Waals surface area contributed by atoms with Crippen LogP contribution >= 0.6 is 24.0 Å². The molecule has 30 heavy (non-hydrogen) atoms. The maximum atomic E-state index is 12.5. The molecule has 7 heteroatoms. The Morgan fingerprint density at radius 2 is 1.77 bits per heavy atom. The number of hydrogen-bond donors (Lipinski definition) is 1. The predicted molar refractivity (Wildman–Crippen MR) is 132 cm³/mol. The van der Waals surface area contributed by atoms with Crippen molar-refractivity contribution in [2.45, 2.75) is 33.1 Å². The van der Waals surface area contributed by atoms with Crippen molar-refractivity contribution in [1.82, 2.24) is 15.1 Å². The number of carbonyl (C=O) groups excluding carboxylic acids is 1. The molecule has 1 fully saturated rings. The Balaban J connectivity index is 0.00000320. The van der Waals surface area contributed by atoms with Crippen molar-refractivity contribution in [2.75, 3.05) is 39.3 Å². The predicted octanol–water partition coefficient (Wildman–Crippen LogP) is 3.91. The van der Waals surface area contributed by atoms with Crippen molar-refractivity contribution in [3.63, 3.8) is 0 Å². The molecule has 2 aromatic rings. The number of furan rings is 1. The van der Waals surface area contributed by atoms with Crippen molar-refractivity contribution in [3.8, 4) is 0 Å². The van der Waals surface area contributed by atoms with Crippen molar-refractivity contribution < 1.29 is 9.21 Å². The highest BCUT2D eigenvalue weighted by Gasteiger charge is 2.26. The van der Waals surface area contributed by atoms with Crippen LogP contribution in [-0.4, -0.2) is 60.9 Å². The zero-order chi connectivity index (χ0) is 20.9. The van der Waals surface area contributed by atoms with Crippen LogP contribution in [0, 0.1) is 6.92 Å². The van der Waals surface area contributed by atoms with Crippen LogP contribution in [0.1, 0.15) is 42.5 Å². The molecule has 1 N–H and O–H groups in total. The molecule has 0 spiro atoms. The van der Waals surface area contributed by atoms with Crippen LogP contribution in [0.25, 0.3) is 0 Å². The number of guanidine groups is 1. The molecule has 1 aliphatic heterocycles. The summed E-state index contributed by atoms with van der Waals surface area (Å²) >= 11 is 0. The molecule has 1 amide bonds. The monoisotopic (exact) mass is 524 g/mol. The quantitative estimate of drug-likeness (QED) is 0.366. The molecular formula is C23H33IN4O2. The van der Waals surface area contributed by atoms with Gasteiger partial charge in [0.2, 0.25) is 0 Å². The highest BCUT2D eigenvalue weighted by Crippen LogP contribution is 2.26. The van der Waals surface area contributed by atoms with Gasteiger partial charge in [0.1, 0.15) is 0 Å². The van der Waals surface area contributed by atoms with E-state index in [0.717, 1.165) is 25.6 Å². The number of aliphatic imine (C=N–C) groups is 1. The summed E-state index contributed by atoms with van der Waals surface area (Å²) in [4.78, 5) is 21.5. The van der Waals surface area contributed by atoms with Gasteiger partial charge in [-0.25, -0.2) is 0 Å². The van der Waals surface area contributed by atoms with Gasteiger partial charge in [-0.05, 0) is 37.1 Å². The Morgan fingerprint density at radius 3 is 2.37 bits per heavy atom. The molecule has 164 valence electrons. The zero-order valence-corrected chi connectivity index (χ0v) is 20.7. The minimum absolute atomic E-state index is 0. The summed E-state index contributed by atoms with van der Waals surface area (Å²) in [6, 6.07) is 12.0. The van der Waals surface area contributed by atoms with E-state index in [0.29, 0.717) is 25.4 Å². The van der Waals surface area contributed by atoms with E-state index in [2.05, 4.69) is 62.2 Å². The van der Waals surface area contributed by atoms with E-state index >= 15 is 0 Å². The molecule has 0 atom stereocenters. The first kappa shape index (κ1) is 24.2. The molecule has 0 aliphatic carbocycles. The number of rotatable bonds is 5. The second-order valence-corrected chi connectivity index (χ2v) is 8.13. The van der Waals surface area contributed by atoms with Crippen molar-refractivity contribution >= 4 is 35.8 Å². The molecule has 1 saturated heterocycles. The van der Waals surface area contributed by atoms with E-state index in [1.54, 1.807) is 12.1 Å². The van der Waals surface area contributed by atoms with Gasteiger partial charge in [-0.15, -0.1) is 24.0 Å². The van der Waals surface area contributed by atoms with Crippen molar-refractivity contribution in [1.29, 1.82) is 0 Å². The summed E-state index contributed by atoms with van der Waals surface area (Å²) in [5.74, 6) is 1.27. The normalized spacial score (nSPS) is 15.0. The topological polar surface area (TPSA) is 61.1 Å². The number of aryl methyl sites for hydroxylation is 1. The van der Waals surface area contributed by atoms with Gasteiger partial charge in [-0.3, -0.25) is 9.79 Å². The summed E-state index contributed by atoms with van der Waals surface area (Å²) in [7, 11) is 0. The number of nitrogens with zero attached hydrogens (tertiary/aromatic N) is 3. The lowest BCUT2D eigenvalue weighted by Gasteiger charge is -2.36. The lowest BCUT2D eigenvalue weighted by atomic mass is 9.82. The van der Waals surface area contributed by atoms with E-state index in [-0.39, 0.29) is 35.3 Å². The van der Waals surface area contributed by atoms with E-state index < -0.39 is 0 Å². The first-order chi connectivity index (χ1) is 13.9. The second-order valence-electron chi connectivity index (χ2n) is 8.13.